The molecule has 4 heteroatoms. The van der Waals surface area contributed by atoms with Crippen LogP contribution >= 0.6 is 11.6 Å². The molecule has 3 nitrogen and oxygen atoms in total. The normalized spacial score (nSPS) is 16.3. The highest BCUT2D eigenvalue weighted by molar-refractivity contribution is 6.32. The number of aryl methyl sites for hydroxylation is 1. The second-order valence-corrected chi connectivity index (χ2v) is 5.68. The molecule has 0 N–H and O–H groups in total. The Labute approximate surface area is 134 Å². The van der Waals surface area contributed by atoms with Crippen LogP contribution in [0.2, 0.25) is 5.02 Å². The summed E-state index contributed by atoms with van der Waals surface area (Å²) in [6, 6.07) is 15.1. The van der Waals surface area contributed by atoms with Gasteiger partial charge in [0.1, 0.15) is 0 Å². The van der Waals surface area contributed by atoms with E-state index in [2.05, 4.69) is 5.10 Å². The first kappa shape index (κ1) is 14.5. The summed E-state index contributed by atoms with van der Waals surface area (Å²) in [6.07, 6.45) is 1.84. The van der Waals surface area contributed by atoms with Gasteiger partial charge in [0.05, 0.1) is 17.0 Å². The first-order valence-corrected chi connectivity index (χ1v) is 7.36. The Kier molecular flexibility index (Phi) is 3.82. The van der Waals surface area contributed by atoms with Crippen molar-refractivity contribution in [2.45, 2.75) is 13.8 Å². The molecule has 3 rings (SSSR count). The highest BCUT2D eigenvalue weighted by Gasteiger charge is 2.28. The van der Waals surface area contributed by atoms with Gasteiger partial charge in [-0.25, -0.2) is 0 Å². The van der Waals surface area contributed by atoms with Crippen molar-refractivity contribution in [3.05, 3.63) is 70.3 Å². The SMILES string of the molecule is CC1=NN(c2ccc(C)cc2)C(=O)/C1=C\c1ccc(Cl)cc1. The molecule has 1 amide bonds. The first-order valence-electron chi connectivity index (χ1n) is 6.98. The fourth-order valence-electron chi connectivity index (χ4n) is 2.27. The lowest BCUT2D eigenvalue weighted by Gasteiger charge is -2.11. The quantitative estimate of drug-likeness (QED) is 0.754. The summed E-state index contributed by atoms with van der Waals surface area (Å²) in [5, 5.41) is 6.48. The third-order valence-corrected chi connectivity index (χ3v) is 3.77. The molecule has 0 bridgehead atoms. The molecule has 22 heavy (non-hydrogen) atoms. The van der Waals surface area contributed by atoms with E-state index in [4.69, 9.17) is 11.6 Å². The maximum absolute atomic E-state index is 12.6. The van der Waals surface area contributed by atoms with Crippen LogP contribution in [0.1, 0.15) is 18.1 Å². The largest absolute Gasteiger partial charge is 0.280 e. The Balaban J connectivity index is 1.92. The van der Waals surface area contributed by atoms with Gasteiger partial charge in [-0.2, -0.15) is 10.1 Å². The van der Waals surface area contributed by atoms with E-state index < -0.39 is 0 Å². The fraction of sp³-hybridized carbons (Fsp3) is 0.111. The van der Waals surface area contributed by atoms with E-state index in [1.165, 1.54) is 5.01 Å². The minimum atomic E-state index is -0.115. The zero-order valence-electron chi connectivity index (χ0n) is 12.4. The Morgan fingerprint density at radius 3 is 2.27 bits per heavy atom. The monoisotopic (exact) mass is 310 g/mol. The number of rotatable bonds is 2. The van der Waals surface area contributed by atoms with E-state index in [1.54, 1.807) is 12.1 Å². The van der Waals surface area contributed by atoms with Crippen LogP contribution in [0.4, 0.5) is 5.69 Å². The van der Waals surface area contributed by atoms with Gasteiger partial charge in [-0.3, -0.25) is 4.79 Å². The first-order chi connectivity index (χ1) is 10.5. The third-order valence-electron chi connectivity index (χ3n) is 3.52. The van der Waals surface area contributed by atoms with Gasteiger partial charge in [0, 0.05) is 5.02 Å². The topological polar surface area (TPSA) is 32.7 Å². The zero-order chi connectivity index (χ0) is 15.7. The number of hydrogen-bond donors (Lipinski definition) is 0. The number of amides is 1. The van der Waals surface area contributed by atoms with Crippen molar-refractivity contribution < 1.29 is 4.79 Å². The van der Waals surface area contributed by atoms with Crippen molar-refractivity contribution in [1.82, 2.24) is 0 Å². The second kappa shape index (κ2) is 5.78. The molecule has 110 valence electrons. The standard InChI is InChI=1S/C18H15ClN2O/c1-12-3-9-16(10-4-12)21-18(22)17(13(2)20-21)11-14-5-7-15(19)8-6-14/h3-11H,1-2H3/b17-11-. The molecule has 1 aliphatic rings. The summed E-state index contributed by atoms with van der Waals surface area (Å²) in [4.78, 5) is 12.6. The molecule has 0 saturated carbocycles. The molecule has 0 radical (unpaired) electrons. The molecule has 0 unspecified atom stereocenters. The van der Waals surface area contributed by atoms with Gasteiger partial charge in [-0.05, 0) is 49.8 Å². The number of hydrogen-bond acceptors (Lipinski definition) is 2. The van der Waals surface area contributed by atoms with Gasteiger partial charge < -0.3 is 0 Å². The molecule has 0 aliphatic carbocycles. The van der Waals surface area contributed by atoms with Gasteiger partial charge in [-0.1, -0.05) is 41.4 Å². The Morgan fingerprint density at radius 2 is 1.64 bits per heavy atom. The number of carbonyl (C=O) groups is 1. The maximum Gasteiger partial charge on any atom is 0.280 e. The van der Waals surface area contributed by atoms with Crippen LogP contribution in [-0.2, 0) is 4.79 Å². The summed E-state index contributed by atoms with van der Waals surface area (Å²) < 4.78 is 0. The minimum absolute atomic E-state index is 0.115. The average molecular weight is 311 g/mol. The predicted molar refractivity (Wildman–Crippen MR) is 91.2 cm³/mol. The Hall–Kier alpha value is -2.39. The van der Waals surface area contributed by atoms with E-state index >= 15 is 0 Å². The number of benzene rings is 2. The lowest BCUT2D eigenvalue weighted by molar-refractivity contribution is -0.114. The number of hydrazone groups is 1. The molecular weight excluding hydrogens is 296 g/mol. The molecule has 0 aromatic heterocycles. The van der Waals surface area contributed by atoms with Crippen molar-refractivity contribution in [3.63, 3.8) is 0 Å². The van der Waals surface area contributed by atoms with Crippen molar-refractivity contribution in [2.24, 2.45) is 5.10 Å². The van der Waals surface area contributed by atoms with Gasteiger partial charge in [0.2, 0.25) is 0 Å². The number of anilines is 1. The summed E-state index contributed by atoms with van der Waals surface area (Å²) in [5.41, 5.74) is 4.15. The van der Waals surface area contributed by atoms with E-state index in [9.17, 15) is 4.79 Å². The van der Waals surface area contributed by atoms with E-state index in [1.807, 2.05) is 56.3 Å². The van der Waals surface area contributed by atoms with Gasteiger partial charge in [0.15, 0.2) is 0 Å². The zero-order valence-corrected chi connectivity index (χ0v) is 13.1. The van der Waals surface area contributed by atoms with E-state index in [-0.39, 0.29) is 5.91 Å². The summed E-state index contributed by atoms with van der Waals surface area (Å²) in [6.45, 7) is 3.85. The predicted octanol–water partition coefficient (Wildman–Crippen LogP) is 4.45. The second-order valence-electron chi connectivity index (χ2n) is 5.25. The van der Waals surface area contributed by atoms with Crippen LogP contribution in [-0.4, -0.2) is 11.6 Å². The lowest BCUT2D eigenvalue weighted by Crippen LogP contribution is -2.21. The van der Waals surface area contributed by atoms with Crippen LogP contribution in [0.5, 0.6) is 0 Å². The Morgan fingerprint density at radius 1 is 1.00 bits per heavy atom. The number of halogens is 1. The van der Waals surface area contributed by atoms with Crippen LogP contribution in [0.25, 0.3) is 6.08 Å². The lowest BCUT2D eigenvalue weighted by atomic mass is 10.1. The third kappa shape index (κ3) is 2.81. The van der Waals surface area contributed by atoms with Crippen LogP contribution < -0.4 is 5.01 Å². The molecule has 2 aromatic rings. The molecule has 1 heterocycles. The van der Waals surface area contributed by atoms with Gasteiger partial charge in [-0.15, -0.1) is 0 Å². The number of nitrogens with zero attached hydrogens (tertiary/aromatic N) is 2. The van der Waals surface area contributed by atoms with Crippen molar-refractivity contribution in [1.29, 1.82) is 0 Å². The van der Waals surface area contributed by atoms with E-state index in [0.717, 1.165) is 16.8 Å². The molecule has 0 fully saturated rings. The number of carbonyl (C=O) groups excluding carboxylic acids is 1. The van der Waals surface area contributed by atoms with Crippen molar-refractivity contribution >= 4 is 35.0 Å². The minimum Gasteiger partial charge on any atom is -0.267 e. The van der Waals surface area contributed by atoms with Crippen LogP contribution in [0.15, 0.2) is 59.2 Å². The molecule has 1 aliphatic heterocycles. The Bertz CT molecular complexity index is 774. The molecular formula is C18H15ClN2O. The fourth-order valence-corrected chi connectivity index (χ4v) is 2.40. The summed E-state index contributed by atoms with van der Waals surface area (Å²) in [5.74, 6) is -0.115. The molecule has 0 atom stereocenters. The van der Waals surface area contributed by atoms with Crippen molar-refractivity contribution in [3.8, 4) is 0 Å². The van der Waals surface area contributed by atoms with E-state index in [0.29, 0.717) is 16.3 Å². The van der Waals surface area contributed by atoms with Crippen molar-refractivity contribution in [2.75, 3.05) is 5.01 Å². The molecule has 2 aromatic carbocycles. The smallest absolute Gasteiger partial charge is 0.267 e. The summed E-state index contributed by atoms with van der Waals surface area (Å²) >= 11 is 5.88. The average Bonchev–Trinajstić information content (AvgIpc) is 2.78. The highest BCUT2D eigenvalue weighted by Crippen LogP contribution is 2.25. The van der Waals surface area contributed by atoms with Gasteiger partial charge in [0.25, 0.3) is 5.91 Å². The molecule has 0 saturated heterocycles. The highest BCUT2D eigenvalue weighted by atomic mass is 35.5. The summed E-state index contributed by atoms with van der Waals surface area (Å²) in [7, 11) is 0. The van der Waals surface area contributed by atoms with Crippen LogP contribution in [0.3, 0.4) is 0 Å². The molecule has 0 spiro atoms. The van der Waals surface area contributed by atoms with Gasteiger partial charge >= 0.3 is 0 Å². The van der Waals surface area contributed by atoms with Crippen LogP contribution in [0, 0.1) is 6.92 Å². The maximum atomic E-state index is 12.6.